The third-order valence-electron chi connectivity index (χ3n) is 4.63. The molecule has 0 aromatic carbocycles. The van der Waals surface area contributed by atoms with Crippen molar-refractivity contribution in [2.75, 3.05) is 32.1 Å². The average molecular weight is 371 g/mol. The number of methoxy groups -OCH3 is 1. The van der Waals surface area contributed by atoms with Crippen LogP contribution in [0.1, 0.15) is 47.0 Å². The van der Waals surface area contributed by atoms with E-state index >= 15 is 0 Å². The van der Waals surface area contributed by atoms with Crippen molar-refractivity contribution in [1.29, 1.82) is 0 Å². The molecule has 0 unspecified atom stereocenters. The van der Waals surface area contributed by atoms with E-state index in [9.17, 15) is 4.79 Å². The number of esters is 1. The second-order valence-electron chi connectivity index (χ2n) is 6.35. The topological polar surface area (TPSA) is 54.8 Å². The van der Waals surface area contributed by atoms with Gasteiger partial charge in [0.05, 0.1) is 32.3 Å². The molecule has 7 heteroatoms. The zero-order chi connectivity index (χ0) is 17.7. The Balaban J connectivity index is 1.94. The molecule has 1 fully saturated rings. The number of thiophene rings is 1. The van der Waals surface area contributed by atoms with Crippen molar-refractivity contribution in [3.63, 3.8) is 0 Å². The van der Waals surface area contributed by atoms with Crippen molar-refractivity contribution in [3.8, 4) is 0 Å². The third-order valence-corrected chi connectivity index (χ3v) is 5.98. The average Bonchev–Trinajstić information content (AvgIpc) is 2.83. The summed E-state index contributed by atoms with van der Waals surface area (Å²) in [6, 6.07) is 0.411. The molecule has 0 aliphatic carbocycles. The summed E-state index contributed by atoms with van der Waals surface area (Å²) < 4.78 is 4.90. The highest BCUT2D eigenvalue weighted by Crippen LogP contribution is 2.32. The number of anilines is 1. The minimum absolute atomic E-state index is 0.321. The summed E-state index contributed by atoms with van der Waals surface area (Å²) in [6.45, 7) is 9.82. The maximum Gasteiger partial charge on any atom is 0.341 e. The van der Waals surface area contributed by atoms with E-state index in [2.05, 4.69) is 17.6 Å². The van der Waals surface area contributed by atoms with Crippen LogP contribution in [-0.4, -0.2) is 43.9 Å². The van der Waals surface area contributed by atoms with Gasteiger partial charge in [0.1, 0.15) is 5.00 Å². The molecule has 24 heavy (non-hydrogen) atoms. The van der Waals surface area contributed by atoms with Gasteiger partial charge in [-0.15, -0.1) is 11.3 Å². The number of piperidine rings is 1. The molecule has 3 N–H and O–H groups in total. The fraction of sp³-hybridized carbons (Fsp3) is 0.647. The van der Waals surface area contributed by atoms with Gasteiger partial charge in [0.15, 0.2) is 5.11 Å². The van der Waals surface area contributed by atoms with E-state index in [1.165, 1.54) is 44.5 Å². The second-order valence-corrected chi connectivity index (χ2v) is 7.98. The number of carbonyl (C=O) groups is 1. The number of thiocarbonyl (C=S) groups is 1. The van der Waals surface area contributed by atoms with Crippen molar-refractivity contribution in [3.05, 3.63) is 16.0 Å². The predicted molar refractivity (Wildman–Crippen MR) is 103 cm³/mol. The Morgan fingerprint density at radius 2 is 2.04 bits per heavy atom. The van der Waals surface area contributed by atoms with Gasteiger partial charge in [-0.1, -0.05) is 6.92 Å². The van der Waals surface area contributed by atoms with Crippen LogP contribution in [0.2, 0.25) is 0 Å². The summed E-state index contributed by atoms with van der Waals surface area (Å²) in [6.07, 6.45) is 3.49. The van der Waals surface area contributed by atoms with E-state index in [4.69, 9.17) is 17.0 Å². The van der Waals surface area contributed by atoms with E-state index < -0.39 is 0 Å². The van der Waals surface area contributed by atoms with E-state index in [-0.39, 0.29) is 5.97 Å². The number of aryl methyl sites for hydroxylation is 1. The summed E-state index contributed by atoms with van der Waals surface area (Å²) in [5, 5.41) is 7.96. The molecular formula is C17H28N3O2S2+. The monoisotopic (exact) mass is 370 g/mol. The van der Waals surface area contributed by atoms with Crippen molar-refractivity contribution >= 4 is 39.6 Å². The van der Waals surface area contributed by atoms with Gasteiger partial charge in [0.2, 0.25) is 0 Å². The summed E-state index contributed by atoms with van der Waals surface area (Å²) >= 11 is 7.00. The summed E-state index contributed by atoms with van der Waals surface area (Å²) in [7, 11) is 1.40. The van der Waals surface area contributed by atoms with Crippen molar-refractivity contribution in [2.24, 2.45) is 0 Å². The van der Waals surface area contributed by atoms with E-state index in [1.54, 1.807) is 4.90 Å². The van der Waals surface area contributed by atoms with Gasteiger partial charge >= 0.3 is 5.97 Å². The molecular weight excluding hydrogens is 342 g/mol. The van der Waals surface area contributed by atoms with Crippen LogP contribution >= 0.6 is 23.6 Å². The first-order valence-electron chi connectivity index (χ1n) is 8.55. The Bertz CT molecular complexity index is 593. The fourth-order valence-corrected chi connectivity index (χ4v) is 4.55. The zero-order valence-electron chi connectivity index (χ0n) is 15.0. The number of rotatable bonds is 5. The van der Waals surface area contributed by atoms with E-state index in [1.807, 2.05) is 13.8 Å². The molecule has 0 radical (unpaired) electrons. The standard InChI is InChI=1S/C17H27N3O2S2/c1-5-8-20-9-6-13(7-10-20)18-17(23)19-15-14(16(21)22-4)11(2)12(3)24-15/h13H,5-10H2,1-4H3,(H2,18,19,23)/p+1. The lowest BCUT2D eigenvalue weighted by atomic mass is 10.1. The summed E-state index contributed by atoms with van der Waals surface area (Å²) in [4.78, 5) is 14.8. The smallest absolute Gasteiger partial charge is 0.341 e. The molecule has 2 heterocycles. The first-order chi connectivity index (χ1) is 11.5. The van der Waals surface area contributed by atoms with Gasteiger partial charge in [-0.3, -0.25) is 0 Å². The minimum Gasteiger partial charge on any atom is -0.465 e. The van der Waals surface area contributed by atoms with Crippen LogP contribution in [0.15, 0.2) is 0 Å². The van der Waals surface area contributed by atoms with Crippen molar-refractivity contribution in [1.82, 2.24) is 5.32 Å². The molecule has 1 saturated heterocycles. The van der Waals surface area contributed by atoms with Gasteiger partial charge in [-0.25, -0.2) is 4.79 Å². The molecule has 0 bridgehead atoms. The molecule has 5 nitrogen and oxygen atoms in total. The zero-order valence-corrected chi connectivity index (χ0v) is 16.6. The van der Waals surface area contributed by atoms with Crippen molar-refractivity contribution < 1.29 is 14.4 Å². The number of quaternary nitrogens is 1. The maximum atomic E-state index is 12.0. The number of likely N-dealkylation sites (tertiary alicyclic amines) is 1. The van der Waals surface area contributed by atoms with E-state index in [0.717, 1.165) is 28.3 Å². The largest absolute Gasteiger partial charge is 0.465 e. The van der Waals surface area contributed by atoms with Crippen LogP contribution in [0.4, 0.5) is 5.00 Å². The van der Waals surface area contributed by atoms with Crippen LogP contribution in [0.25, 0.3) is 0 Å². The molecule has 0 saturated carbocycles. The molecule has 1 aromatic rings. The first kappa shape index (κ1) is 19.1. The van der Waals surface area contributed by atoms with Gasteiger partial charge in [-0.05, 0) is 38.0 Å². The number of hydrogen-bond acceptors (Lipinski definition) is 4. The predicted octanol–water partition coefficient (Wildman–Crippen LogP) is 1.90. The highest BCUT2D eigenvalue weighted by atomic mass is 32.1. The molecule has 1 aromatic heterocycles. The number of nitrogens with one attached hydrogen (secondary N) is 3. The van der Waals surface area contributed by atoms with Gasteiger partial charge in [-0.2, -0.15) is 0 Å². The SMILES string of the molecule is CCC[NH+]1CCC(NC(=S)Nc2sc(C)c(C)c2C(=O)OC)CC1. The Morgan fingerprint density at radius 3 is 2.62 bits per heavy atom. The van der Waals surface area contributed by atoms with Gasteiger partial charge in [0.25, 0.3) is 0 Å². The fourth-order valence-electron chi connectivity index (χ4n) is 3.16. The molecule has 2 rings (SSSR count). The minimum atomic E-state index is -0.321. The lowest BCUT2D eigenvalue weighted by molar-refractivity contribution is -0.905. The Kier molecular flexibility index (Phi) is 7.01. The number of hydrogen-bond donors (Lipinski definition) is 3. The first-order valence-corrected chi connectivity index (χ1v) is 9.78. The van der Waals surface area contributed by atoms with Crippen molar-refractivity contribution in [2.45, 2.75) is 46.1 Å². The highest BCUT2D eigenvalue weighted by Gasteiger charge is 2.24. The Morgan fingerprint density at radius 1 is 1.38 bits per heavy atom. The lowest BCUT2D eigenvalue weighted by Crippen LogP contribution is -3.13. The molecule has 1 aliphatic rings. The lowest BCUT2D eigenvalue weighted by Gasteiger charge is -2.30. The van der Waals surface area contributed by atoms with E-state index in [0.29, 0.717) is 16.7 Å². The van der Waals surface area contributed by atoms with Crippen LogP contribution in [0, 0.1) is 13.8 Å². The molecule has 1 aliphatic heterocycles. The molecule has 0 amide bonds. The third kappa shape index (κ3) is 4.68. The molecule has 0 spiro atoms. The number of carbonyl (C=O) groups excluding carboxylic acids is 1. The Hall–Kier alpha value is -1.18. The number of ether oxygens (including phenoxy) is 1. The van der Waals surface area contributed by atoms with Gasteiger partial charge in [0, 0.05) is 23.8 Å². The normalized spacial score (nSPS) is 20.5. The van der Waals surface area contributed by atoms with Crippen LogP contribution < -0.4 is 15.5 Å². The van der Waals surface area contributed by atoms with Gasteiger partial charge < -0.3 is 20.3 Å². The summed E-state index contributed by atoms with van der Waals surface area (Å²) in [5.41, 5.74) is 1.54. The second kappa shape index (κ2) is 8.78. The molecule has 0 atom stereocenters. The Labute approximate surface area is 153 Å². The van der Waals surface area contributed by atoms with Crippen LogP contribution in [0.5, 0.6) is 0 Å². The quantitative estimate of drug-likeness (QED) is 0.546. The van der Waals surface area contributed by atoms with Crippen LogP contribution in [-0.2, 0) is 4.74 Å². The van der Waals surface area contributed by atoms with Crippen LogP contribution in [0.3, 0.4) is 0 Å². The summed E-state index contributed by atoms with van der Waals surface area (Å²) in [5.74, 6) is -0.321. The highest BCUT2D eigenvalue weighted by molar-refractivity contribution is 7.80. The maximum absolute atomic E-state index is 12.0. The molecule has 134 valence electrons.